The summed E-state index contributed by atoms with van der Waals surface area (Å²) in [5, 5.41) is 66.8. The van der Waals surface area contributed by atoms with Crippen molar-refractivity contribution in [3.05, 3.63) is 102 Å². The van der Waals surface area contributed by atoms with Crippen LogP contribution in [0.1, 0.15) is 153 Å². The molecular weight excluding hydrogens is 1750 g/mol. The van der Waals surface area contributed by atoms with Gasteiger partial charge in [-0.1, -0.05) is 88.1 Å². The Hall–Kier alpha value is -12.6. The lowest BCUT2D eigenvalue weighted by atomic mass is 9.91. The van der Waals surface area contributed by atoms with E-state index in [0.717, 1.165) is 26.5 Å². The van der Waals surface area contributed by atoms with Gasteiger partial charge >= 0.3 is 11.9 Å². The number of hydrogen-bond acceptors (Lipinski definition) is 24. The molecule has 4 fully saturated rings. The van der Waals surface area contributed by atoms with E-state index in [0.29, 0.717) is 77.0 Å². The molecule has 4 aliphatic heterocycles. The van der Waals surface area contributed by atoms with Crippen LogP contribution in [0.5, 0.6) is 5.75 Å². The molecule has 6 heterocycles. The van der Waals surface area contributed by atoms with Crippen LogP contribution in [0.15, 0.2) is 85.2 Å². The number of aromatic nitrogens is 2. The standard InChI is InChI=1S/C90H126N20O22S/c1-5-7-22-68-82(124)99-60(21-15-33-91)80(122)105-67(79(121)97-46-74(94)114)48-133-49-75(115)98-63(37-50-26-28-54(111)29-27-50)88(130)108-35-14-13-24-69(108)83(125)103-65(42-77(118)119)89(131)109-36-16-25-70(109)84(126)104-66(43-93)81(123)100-61(30-31-76(116)117)87(129)110-47-55(112)41-72(110)85(127)101-62(38-52-44-95-58-19-11-9-17-56(52)58)73(113)40-51(32-34-92)78(120)102-64(39-53-45-96-59-20-12-10-18-57(53)59)86(128)107(4)71(23-8-6-2)90(132)106(68)3/h9-12,17-20,26-29,44-45,51,55,60-72,95-96,111-112H,5-8,13-16,21-25,30-43,46-49,91-93H2,1-4H3,(H2,94,114)(H,97,121)(H,98,115)(H,99,124)(H,100,123)(H,101,127)(H,102,120)(H,103,125)(H,104,126)(H,105,122)(H,116,117)(H,118,119)/t51-,55-,60+,61+,62+,63+,64+,65+,66+,67+,68+,69?,70+,71+,72+/m1/s1. The Balaban J connectivity index is 1.09. The smallest absolute Gasteiger partial charge is 0.305 e. The zero-order chi connectivity index (χ0) is 96.9. The number of carboxylic acids is 2. The average molecular weight is 1870 g/mol. The predicted molar refractivity (Wildman–Crippen MR) is 486 cm³/mol. The number of hydrogen-bond donors (Lipinski definition) is 19. The second-order valence-corrected chi connectivity index (χ2v) is 35.3. The van der Waals surface area contributed by atoms with Crippen LogP contribution >= 0.6 is 11.8 Å². The number of fused-ring (bicyclic) bond motifs is 5. The summed E-state index contributed by atoms with van der Waals surface area (Å²) in [4.78, 5) is 274. The third-order valence-corrected chi connectivity index (χ3v) is 25.6. The van der Waals surface area contributed by atoms with Crippen LogP contribution in [-0.4, -0.2) is 317 Å². The first-order chi connectivity index (χ1) is 63.6. The van der Waals surface area contributed by atoms with Gasteiger partial charge in [-0.25, -0.2) is 0 Å². The largest absolute Gasteiger partial charge is 0.508 e. The average Bonchev–Trinajstić information content (AvgIpc) is 1.56. The van der Waals surface area contributed by atoms with Crippen molar-refractivity contribution in [1.82, 2.24) is 82.3 Å². The number of aliphatic carboxylic acids is 2. The molecule has 2 aromatic heterocycles. The van der Waals surface area contributed by atoms with Crippen LogP contribution in [0.2, 0.25) is 0 Å². The summed E-state index contributed by atoms with van der Waals surface area (Å²) in [6.45, 7) is 1.25. The highest BCUT2D eigenvalue weighted by atomic mass is 32.2. The molecule has 15 atom stereocenters. The number of unbranched alkanes of at least 4 members (excludes halogenated alkanes) is 2. The van der Waals surface area contributed by atoms with Crippen molar-refractivity contribution in [1.29, 1.82) is 0 Å². The van der Waals surface area contributed by atoms with Crippen molar-refractivity contribution in [3.63, 3.8) is 0 Å². The lowest BCUT2D eigenvalue weighted by Gasteiger charge is -2.38. The number of nitrogens with zero attached hydrogens (tertiary/aromatic N) is 5. The highest BCUT2D eigenvalue weighted by Crippen LogP contribution is 2.30. The number of aromatic hydroxyl groups is 1. The lowest BCUT2D eigenvalue weighted by molar-refractivity contribution is -0.149. The fourth-order valence-electron chi connectivity index (χ4n) is 17.3. The molecule has 724 valence electrons. The number of carbonyl (C=O) groups excluding carboxylic acids is 16. The van der Waals surface area contributed by atoms with Crippen LogP contribution in [0.25, 0.3) is 21.8 Å². The fourth-order valence-corrected chi connectivity index (χ4v) is 18.2. The van der Waals surface area contributed by atoms with E-state index in [4.69, 9.17) is 22.9 Å². The molecule has 133 heavy (non-hydrogen) atoms. The summed E-state index contributed by atoms with van der Waals surface area (Å²) < 4.78 is 0. The predicted octanol–water partition coefficient (Wildman–Crippen LogP) is -2.06. The molecule has 1 unspecified atom stereocenters. The minimum absolute atomic E-state index is 0.00284. The number of primary amides is 1. The third-order valence-electron chi connectivity index (χ3n) is 24.6. The summed E-state index contributed by atoms with van der Waals surface area (Å²) in [5.74, 6) is -20.2. The maximum Gasteiger partial charge on any atom is 0.305 e. The number of para-hydroxylation sites is 2. The van der Waals surface area contributed by atoms with E-state index in [9.17, 15) is 68.4 Å². The van der Waals surface area contributed by atoms with Crippen LogP contribution < -0.4 is 70.8 Å². The Labute approximate surface area is 772 Å². The molecule has 23 N–H and O–H groups in total. The van der Waals surface area contributed by atoms with Crippen molar-refractivity contribution < 1.29 is 107 Å². The second kappa shape index (κ2) is 50.3. The fraction of sp³-hybridized carbons (Fsp3) is 0.556. The summed E-state index contributed by atoms with van der Waals surface area (Å²) in [7, 11) is 2.75. The summed E-state index contributed by atoms with van der Waals surface area (Å²) in [6, 6.07) is -0.486. The topological polar surface area (TPSA) is 648 Å². The second-order valence-electron chi connectivity index (χ2n) is 34.2. The number of ketones is 1. The van der Waals surface area contributed by atoms with Crippen molar-refractivity contribution in [2.75, 3.05) is 71.4 Å². The van der Waals surface area contributed by atoms with Gasteiger partial charge in [-0.05, 0) is 125 Å². The number of amides is 15. The number of Topliss-reactive ketones (excluding diaryl/α,β-unsaturated/α-hetero) is 1. The Morgan fingerprint density at radius 1 is 0.504 bits per heavy atom. The molecule has 43 heteroatoms. The molecule has 0 saturated carbocycles. The lowest BCUT2D eigenvalue weighted by Crippen LogP contribution is -2.62. The summed E-state index contributed by atoms with van der Waals surface area (Å²) in [5.41, 5.74) is 26.6. The highest BCUT2D eigenvalue weighted by molar-refractivity contribution is 8.00. The van der Waals surface area contributed by atoms with E-state index in [2.05, 4.69) is 57.8 Å². The quantitative estimate of drug-likeness (QED) is 0.0283. The molecule has 3 aromatic carbocycles. The minimum Gasteiger partial charge on any atom is -0.508 e. The van der Waals surface area contributed by atoms with Gasteiger partial charge in [-0.3, -0.25) is 86.3 Å². The normalized spacial score (nSPS) is 25.5. The minimum atomic E-state index is -1.90. The van der Waals surface area contributed by atoms with Crippen molar-refractivity contribution in [3.8, 4) is 5.75 Å². The number of H-pyrrole nitrogens is 2. The number of aromatic amines is 2. The van der Waals surface area contributed by atoms with E-state index < -0.39 is 260 Å². The number of aliphatic hydroxyl groups excluding tert-OH is 1. The van der Waals surface area contributed by atoms with Crippen LogP contribution in [0, 0.1) is 5.92 Å². The summed E-state index contributed by atoms with van der Waals surface area (Å²) in [6.07, 6.45) is -0.220. The molecule has 9 rings (SSSR count). The van der Waals surface area contributed by atoms with Crippen molar-refractivity contribution in [2.45, 2.75) is 240 Å². The van der Waals surface area contributed by atoms with Gasteiger partial charge in [-0.2, -0.15) is 0 Å². The number of thioether (sulfide) groups is 1. The highest BCUT2D eigenvalue weighted by Gasteiger charge is 2.47. The third kappa shape index (κ3) is 28.7. The Morgan fingerprint density at radius 2 is 1.04 bits per heavy atom. The number of aliphatic hydroxyl groups is 1. The van der Waals surface area contributed by atoms with E-state index >= 15 is 38.4 Å². The maximum atomic E-state index is 15.8. The molecule has 15 amide bonds. The number of benzene rings is 3. The van der Waals surface area contributed by atoms with Crippen molar-refractivity contribution in [2.24, 2.45) is 28.9 Å². The Morgan fingerprint density at radius 3 is 1.64 bits per heavy atom. The molecule has 42 nitrogen and oxygen atoms in total. The van der Waals surface area contributed by atoms with Gasteiger partial charge < -0.3 is 126 Å². The number of nitrogens with one attached hydrogen (secondary N) is 11. The molecule has 0 radical (unpaired) electrons. The Bertz CT molecular complexity index is 4990. The van der Waals surface area contributed by atoms with E-state index in [1.54, 1.807) is 60.9 Å². The molecule has 0 aliphatic carbocycles. The number of phenolic OH excluding ortho intramolecular Hbond substituents is 1. The van der Waals surface area contributed by atoms with Crippen molar-refractivity contribution >= 4 is 140 Å². The van der Waals surface area contributed by atoms with E-state index in [1.807, 2.05) is 13.8 Å². The number of rotatable bonds is 26. The first-order valence-corrected chi connectivity index (χ1v) is 46.4. The Kier molecular flexibility index (Phi) is 39.4. The van der Waals surface area contributed by atoms with Gasteiger partial charge in [0.25, 0.3) is 0 Å². The number of carbonyl (C=O) groups is 18. The number of likely N-dealkylation sites (N-methyl/N-ethyl adjacent to an activating group) is 2. The van der Waals surface area contributed by atoms with Gasteiger partial charge in [0.05, 0.1) is 30.9 Å². The van der Waals surface area contributed by atoms with Gasteiger partial charge in [0.15, 0.2) is 5.78 Å². The molecule has 4 aliphatic rings. The van der Waals surface area contributed by atoms with Gasteiger partial charge in [0, 0.05) is 125 Å². The van der Waals surface area contributed by atoms with E-state index in [1.165, 1.54) is 48.2 Å². The SMILES string of the molecule is CCCC[C@H]1C(=O)N(C)[C@@H](CCCC)C(=O)N[C@@H](CCCN)C(=O)N[C@H](C(=O)NCC(N)=O)CSCC(=O)N[C@@H](Cc2ccc(O)cc2)C(=O)N2CCCCC2C(=O)N[C@@H](CC(=O)O)C(=O)N2CCC[C@H]2C(=O)N[C@@H](CN)C(=O)N[C@@H](CCC(=O)O)C(=O)N2C[C@H](O)C[C@H]2C(=O)N[C@@H](Cc2c[nH]c3ccccc23)C(=O)C[C@@H](CCN)C(=O)N[C@@H](Cc2c[nH]c3ccccc23)C(=O)N1C. The molecule has 5 aromatic rings. The monoisotopic (exact) mass is 1870 g/mol. The molecular formula is C90H126N20O22S. The summed E-state index contributed by atoms with van der Waals surface area (Å²) >= 11 is 0.784. The van der Waals surface area contributed by atoms with Gasteiger partial charge in [0.1, 0.15) is 78.3 Å². The van der Waals surface area contributed by atoms with E-state index in [-0.39, 0.29) is 103 Å². The molecule has 0 bridgehead atoms. The molecule has 4 saturated heterocycles. The number of carboxylic acid groups (broad SMARTS) is 2. The number of nitrogens with two attached hydrogens (primary N) is 4. The van der Waals surface area contributed by atoms with Crippen LogP contribution in [-0.2, 0) is 106 Å². The first-order valence-electron chi connectivity index (χ1n) is 45.2. The first kappa shape index (κ1) is 104. The number of piperidine rings is 1. The maximum absolute atomic E-state index is 15.8. The van der Waals surface area contributed by atoms with Gasteiger partial charge in [-0.15, -0.1) is 11.8 Å². The number of phenols is 1. The zero-order valence-corrected chi connectivity index (χ0v) is 76.1. The van der Waals surface area contributed by atoms with Gasteiger partial charge in [0.2, 0.25) is 88.6 Å². The van der Waals surface area contributed by atoms with Crippen LogP contribution in [0.3, 0.4) is 0 Å². The molecule has 0 spiro atoms. The van der Waals surface area contributed by atoms with Crippen LogP contribution in [0.4, 0.5) is 0 Å². The zero-order valence-electron chi connectivity index (χ0n) is 75.3.